The molecule has 0 saturated heterocycles. The molecule has 6 nitrogen and oxygen atoms in total. The lowest BCUT2D eigenvalue weighted by Gasteiger charge is -2.18. The average molecular weight is 996 g/mol. The van der Waals surface area contributed by atoms with Gasteiger partial charge in [-0.15, -0.1) is 0 Å². The van der Waals surface area contributed by atoms with Crippen LogP contribution in [0.3, 0.4) is 0 Å². The maximum absolute atomic E-state index is 12.9. The summed E-state index contributed by atoms with van der Waals surface area (Å²) < 4.78 is 16.9. The molecule has 414 valence electrons. The third kappa shape index (κ3) is 58.1. The van der Waals surface area contributed by atoms with Crippen LogP contribution < -0.4 is 0 Å². The Morgan fingerprint density at radius 1 is 0.282 bits per heavy atom. The van der Waals surface area contributed by atoms with Crippen molar-refractivity contribution in [2.75, 3.05) is 13.2 Å². The second kappa shape index (κ2) is 59.9. The Kier molecular flexibility index (Phi) is 57.7. The van der Waals surface area contributed by atoms with Gasteiger partial charge in [0.25, 0.3) is 0 Å². The first-order valence-electron chi connectivity index (χ1n) is 31.2. The van der Waals surface area contributed by atoms with E-state index in [2.05, 4.69) is 69.4 Å². The smallest absolute Gasteiger partial charge is 0.306 e. The van der Waals surface area contributed by atoms with Crippen molar-refractivity contribution in [2.24, 2.45) is 0 Å². The summed E-state index contributed by atoms with van der Waals surface area (Å²) in [5.41, 5.74) is 0. The van der Waals surface area contributed by atoms with Crippen molar-refractivity contribution < 1.29 is 28.6 Å². The number of hydrogen-bond acceptors (Lipinski definition) is 6. The number of allylic oxidation sites excluding steroid dienone is 8. The van der Waals surface area contributed by atoms with Crippen molar-refractivity contribution in [3.05, 3.63) is 48.6 Å². The first kappa shape index (κ1) is 68.4. The molecule has 0 radical (unpaired) electrons. The van der Waals surface area contributed by atoms with Gasteiger partial charge in [0, 0.05) is 19.3 Å². The Morgan fingerprint density at radius 3 is 0.817 bits per heavy atom. The van der Waals surface area contributed by atoms with Crippen molar-refractivity contribution in [3.8, 4) is 0 Å². The van der Waals surface area contributed by atoms with Crippen LogP contribution in [0.2, 0.25) is 0 Å². The van der Waals surface area contributed by atoms with E-state index in [0.29, 0.717) is 19.3 Å². The molecule has 0 aliphatic rings. The van der Waals surface area contributed by atoms with Gasteiger partial charge in [0.2, 0.25) is 0 Å². The van der Waals surface area contributed by atoms with E-state index in [1.165, 1.54) is 212 Å². The van der Waals surface area contributed by atoms with Crippen LogP contribution in [0.25, 0.3) is 0 Å². The molecule has 0 aliphatic carbocycles. The van der Waals surface area contributed by atoms with E-state index in [-0.39, 0.29) is 31.1 Å². The standard InChI is InChI=1S/C65H118O6/c1-4-7-10-13-16-19-22-25-28-31-34-37-40-43-46-49-52-55-58-64(67)70-61-62(60-69-63(66)57-54-51-48-45-42-39-36-33-30-27-24-21-18-15-12-9-6-3)71-65(68)59-56-53-50-47-44-41-38-35-32-29-26-23-20-17-14-11-8-5-2/h22,25,27-28,30-31,34,37,62H,4-21,23-24,26,29,32-33,35-36,38-61H2,1-3H3/b25-22-,30-27-,31-28-,37-34-. The molecule has 71 heavy (non-hydrogen) atoms. The van der Waals surface area contributed by atoms with Gasteiger partial charge in [0.1, 0.15) is 13.2 Å². The molecule has 6 heteroatoms. The Hall–Kier alpha value is -2.63. The van der Waals surface area contributed by atoms with Gasteiger partial charge in [-0.2, -0.15) is 0 Å². The summed E-state index contributed by atoms with van der Waals surface area (Å²) in [6.07, 6.45) is 73.9. The molecule has 0 N–H and O–H groups in total. The van der Waals surface area contributed by atoms with Crippen LogP contribution in [0.1, 0.15) is 329 Å². The zero-order valence-corrected chi connectivity index (χ0v) is 47.5. The number of esters is 3. The lowest BCUT2D eigenvalue weighted by molar-refractivity contribution is -0.167. The Balaban J connectivity index is 4.39. The van der Waals surface area contributed by atoms with Crippen LogP contribution in [0.15, 0.2) is 48.6 Å². The van der Waals surface area contributed by atoms with E-state index in [0.717, 1.165) is 77.0 Å². The maximum Gasteiger partial charge on any atom is 0.306 e. The molecule has 0 spiro atoms. The highest BCUT2D eigenvalue weighted by molar-refractivity contribution is 5.71. The van der Waals surface area contributed by atoms with Crippen molar-refractivity contribution in [3.63, 3.8) is 0 Å². The minimum atomic E-state index is -0.782. The number of carbonyl (C=O) groups is 3. The zero-order chi connectivity index (χ0) is 51.4. The summed E-state index contributed by atoms with van der Waals surface area (Å²) >= 11 is 0. The highest BCUT2D eigenvalue weighted by Crippen LogP contribution is 2.17. The molecule has 0 rings (SSSR count). The van der Waals surface area contributed by atoms with Crippen LogP contribution in [0.5, 0.6) is 0 Å². The summed E-state index contributed by atoms with van der Waals surface area (Å²) in [6.45, 7) is 6.65. The molecule has 0 fully saturated rings. The van der Waals surface area contributed by atoms with E-state index < -0.39 is 6.10 Å². The highest BCUT2D eigenvalue weighted by Gasteiger charge is 2.19. The summed E-state index contributed by atoms with van der Waals surface area (Å²) in [5.74, 6) is -0.883. The second-order valence-corrected chi connectivity index (χ2v) is 21.0. The first-order chi connectivity index (χ1) is 35.0. The first-order valence-corrected chi connectivity index (χ1v) is 31.2. The molecule has 0 bridgehead atoms. The molecular formula is C65H118O6. The summed E-state index contributed by atoms with van der Waals surface area (Å²) in [7, 11) is 0. The number of unbranched alkanes of at least 4 members (excludes halogenated alkanes) is 40. The van der Waals surface area contributed by atoms with E-state index in [9.17, 15) is 14.4 Å². The van der Waals surface area contributed by atoms with Gasteiger partial charge in [-0.3, -0.25) is 14.4 Å². The fourth-order valence-electron chi connectivity index (χ4n) is 9.15. The fraction of sp³-hybridized carbons (Fsp3) is 0.831. The fourth-order valence-corrected chi connectivity index (χ4v) is 9.15. The normalized spacial score (nSPS) is 12.3. The van der Waals surface area contributed by atoms with Crippen molar-refractivity contribution in [2.45, 2.75) is 335 Å². The SMILES string of the molecule is CCCCCCC\C=C/C=C\C=C/CCCCCCCC(=O)OCC(COC(=O)CCCCCCCCC/C=C\CCCCCCCC)OC(=O)CCCCCCCCCCCCCCCCCCCC. The number of rotatable bonds is 57. The van der Waals surface area contributed by atoms with Crippen molar-refractivity contribution in [1.82, 2.24) is 0 Å². The minimum Gasteiger partial charge on any atom is -0.462 e. The molecule has 0 amide bonds. The Bertz CT molecular complexity index is 1230. The lowest BCUT2D eigenvalue weighted by Crippen LogP contribution is -2.30. The van der Waals surface area contributed by atoms with Crippen LogP contribution in [0, 0.1) is 0 Å². The quantitative estimate of drug-likeness (QED) is 0.0199. The number of ether oxygens (including phenoxy) is 3. The van der Waals surface area contributed by atoms with Gasteiger partial charge in [0.05, 0.1) is 0 Å². The maximum atomic E-state index is 12.9. The molecule has 0 aromatic carbocycles. The third-order valence-electron chi connectivity index (χ3n) is 13.9. The van der Waals surface area contributed by atoms with Crippen LogP contribution in [0.4, 0.5) is 0 Å². The lowest BCUT2D eigenvalue weighted by atomic mass is 10.0. The molecule has 1 atom stereocenters. The average Bonchev–Trinajstić information content (AvgIpc) is 3.37. The van der Waals surface area contributed by atoms with Gasteiger partial charge >= 0.3 is 17.9 Å². The second-order valence-electron chi connectivity index (χ2n) is 21.0. The van der Waals surface area contributed by atoms with E-state index in [1.807, 2.05) is 0 Å². The largest absolute Gasteiger partial charge is 0.462 e. The molecule has 0 saturated carbocycles. The summed E-state index contributed by atoms with van der Waals surface area (Å²) in [4.78, 5) is 38.3. The predicted octanol–water partition coefficient (Wildman–Crippen LogP) is 21.0. The van der Waals surface area contributed by atoms with Crippen LogP contribution in [-0.4, -0.2) is 37.2 Å². The number of hydrogen-bond donors (Lipinski definition) is 0. The molecule has 0 aromatic heterocycles. The zero-order valence-electron chi connectivity index (χ0n) is 47.5. The van der Waals surface area contributed by atoms with Crippen LogP contribution in [-0.2, 0) is 28.6 Å². The molecule has 0 aliphatic heterocycles. The van der Waals surface area contributed by atoms with Gasteiger partial charge in [-0.05, 0) is 70.6 Å². The molecule has 1 unspecified atom stereocenters. The minimum absolute atomic E-state index is 0.0789. The summed E-state index contributed by atoms with van der Waals surface area (Å²) in [6, 6.07) is 0. The monoisotopic (exact) mass is 995 g/mol. The van der Waals surface area contributed by atoms with Crippen LogP contribution >= 0.6 is 0 Å². The van der Waals surface area contributed by atoms with Gasteiger partial charge in [-0.25, -0.2) is 0 Å². The molecule has 0 aromatic rings. The van der Waals surface area contributed by atoms with E-state index >= 15 is 0 Å². The topological polar surface area (TPSA) is 78.9 Å². The molecular weight excluding hydrogens is 877 g/mol. The summed E-state index contributed by atoms with van der Waals surface area (Å²) in [5, 5.41) is 0. The Morgan fingerprint density at radius 2 is 0.521 bits per heavy atom. The van der Waals surface area contributed by atoms with Crippen molar-refractivity contribution in [1.29, 1.82) is 0 Å². The van der Waals surface area contributed by atoms with Gasteiger partial charge in [-0.1, -0.05) is 288 Å². The molecule has 0 heterocycles. The van der Waals surface area contributed by atoms with Gasteiger partial charge < -0.3 is 14.2 Å². The third-order valence-corrected chi connectivity index (χ3v) is 13.9. The van der Waals surface area contributed by atoms with E-state index in [1.54, 1.807) is 0 Å². The Labute approximate surface area is 441 Å². The van der Waals surface area contributed by atoms with E-state index in [4.69, 9.17) is 14.2 Å². The predicted molar refractivity (Wildman–Crippen MR) is 307 cm³/mol. The number of carbonyl (C=O) groups excluding carboxylic acids is 3. The van der Waals surface area contributed by atoms with Gasteiger partial charge in [0.15, 0.2) is 6.10 Å². The van der Waals surface area contributed by atoms with Crippen molar-refractivity contribution >= 4 is 17.9 Å². The highest BCUT2D eigenvalue weighted by atomic mass is 16.6.